The normalized spacial score (nSPS) is 15.6. The van der Waals surface area contributed by atoms with Crippen LogP contribution in [0.3, 0.4) is 0 Å². The van der Waals surface area contributed by atoms with Gasteiger partial charge in [-0.1, -0.05) is 6.07 Å². The van der Waals surface area contributed by atoms with E-state index < -0.39 is 0 Å². The number of nitrogens with zero attached hydrogens (tertiary/aromatic N) is 4. The third kappa shape index (κ3) is 1.99. The van der Waals surface area contributed by atoms with Gasteiger partial charge in [-0.05, 0) is 35.0 Å². The predicted octanol–water partition coefficient (Wildman–Crippen LogP) is 0.354. The van der Waals surface area contributed by atoms with Gasteiger partial charge in [-0.25, -0.2) is 4.68 Å². The number of nitrogens with one attached hydrogen (secondary N) is 2. The molecule has 6 nitrogen and oxygen atoms in total. The third-order valence-electron chi connectivity index (χ3n) is 2.96. The largest absolute Gasteiger partial charge is 0.380 e. The first-order valence-corrected chi connectivity index (χ1v) is 5.64. The van der Waals surface area contributed by atoms with E-state index in [0.717, 1.165) is 30.0 Å². The van der Waals surface area contributed by atoms with Crippen LogP contribution in [0.15, 0.2) is 24.5 Å². The lowest BCUT2D eigenvalue weighted by molar-refractivity contribution is 0.472. The minimum atomic E-state index is 0.527. The molecular formula is C11H14N6. The van der Waals surface area contributed by atoms with Crippen molar-refractivity contribution >= 4 is 5.69 Å². The van der Waals surface area contributed by atoms with Crippen LogP contribution >= 0.6 is 0 Å². The lowest BCUT2D eigenvalue weighted by Crippen LogP contribution is -2.51. The van der Waals surface area contributed by atoms with E-state index in [2.05, 4.69) is 44.4 Å². The average Bonchev–Trinajstić information content (AvgIpc) is 2.79. The highest BCUT2D eigenvalue weighted by atomic mass is 15.5. The van der Waals surface area contributed by atoms with Crippen molar-refractivity contribution in [2.24, 2.45) is 0 Å². The Morgan fingerprint density at radius 1 is 1.41 bits per heavy atom. The number of aryl methyl sites for hydroxylation is 1. The second-order valence-electron chi connectivity index (χ2n) is 4.26. The molecule has 1 aromatic heterocycles. The fourth-order valence-electron chi connectivity index (χ4n) is 1.84. The monoisotopic (exact) mass is 230 g/mol. The maximum absolute atomic E-state index is 3.92. The molecule has 1 aliphatic rings. The molecule has 17 heavy (non-hydrogen) atoms. The number of tetrazole rings is 1. The molecule has 1 fully saturated rings. The van der Waals surface area contributed by atoms with Gasteiger partial charge >= 0.3 is 0 Å². The smallest absolute Gasteiger partial charge is 0.143 e. The van der Waals surface area contributed by atoms with Crippen molar-refractivity contribution in [3.8, 4) is 5.69 Å². The Kier molecular flexibility index (Phi) is 2.49. The first-order chi connectivity index (χ1) is 8.33. The molecule has 0 radical (unpaired) electrons. The van der Waals surface area contributed by atoms with Crippen LogP contribution < -0.4 is 10.6 Å². The molecule has 1 saturated heterocycles. The second kappa shape index (κ2) is 4.14. The van der Waals surface area contributed by atoms with E-state index in [1.807, 2.05) is 6.92 Å². The van der Waals surface area contributed by atoms with Crippen LogP contribution in [-0.4, -0.2) is 39.3 Å². The zero-order chi connectivity index (χ0) is 11.7. The Bertz CT molecular complexity index is 503. The molecule has 6 heteroatoms. The summed E-state index contributed by atoms with van der Waals surface area (Å²) in [5.41, 5.74) is 3.26. The summed E-state index contributed by atoms with van der Waals surface area (Å²) in [5.74, 6) is 0. The van der Waals surface area contributed by atoms with E-state index in [0.29, 0.717) is 6.04 Å². The molecule has 0 spiro atoms. The first-order valence-electron chi connectivity index (χ1n) is 5.64. The lowest BCUT2D eigenvalue weighted by Gasteiger charge is -2.29. The summed E-state index contributed by atoms with van der Waals surface area (Å²) in [6.07, 6.45) is 1.61. The average molecular weight is 230 g/mol. The summed E-state index contributed by atoms with van der Waals surface area (Å²) in [6.45, 7) is 4.09. The Labute approximate surface area is 99.0 Å². The molecule has 2 N–H and O–H groups in total. The van der Waals surface area contributed by atoms with Gasteiger partial charge in [0.15, 0.2) is 0 Å². The summed E-state index contributed by atoms with van der Waals surface area (Å²) in [6, 6.07) is 6.76. The van der Waals surface area contributed by atoms with Gasteiger partial charge in [0.2, 0.25) is 0 Å². The molecule has 88 valence electrons. The van der Waals surface area contributed by atoms with E-state index >= 15 is 0 Å². The van der Waals surface area contributed by atoms with Crippen molar-refractivity contribution in [2.75, 3.05) is 18.4 Å². The zero-order valence-electron chi connectivity index (χ0n) is 9.59. The van der Waals surface area contributed by atoms with Crippen LogP contribution in [0.5, 0.6) is 0 Å². The molecule has 1 aliphatic heterocycles. The molecule has 0 atom stereocenters. The maximum atomic E-state index is 3.92. The molecule has 0 saturated carbocycles. The standard InChI is InChI=1S/C11H14N6/c1-8-2-3-9(14-10-5-12-6-10)4-11(8)17-7-13-15-16-17/h2-4,7,10,12,14H,5-6H2,1H3. The topological polar surface area (TPSA) is 67.7 Å². The number of hydrogen-bond acceptors (Lipinski definition) is 5. The van der Waals surface area contributed by atoms with E-state index in [4.69, 9.17) is 0 Å². The summed E-state index contributed by atoms with van der Waals surface area (Å²) in [5, 5.41) is 17.9. The minimum absolute atomic E-state index is 0.527. The Morgan fingerprint density at radius 2 is 2.29 bits per heavy atom. The van der Waals surface area contributed by atoms with E-state index in [1.54, 1.807) is 11.0 Å². The van der Waals surface area contributed by atoms with Crippen LogP contribution in [0.1, 0.15) is 5.56 Å². The fraction of sp³-hybridized carbons (Fsp3) is 0.364. The maximum Gasteiger partial charge on any atom is 0.143 e. The minimum Gasteiger partial charge on any atom is -0.380 e. The summed E-state index contributed by atoms with van der Waals surface area (Å²) < 4.78 is 1.68. The van der Waals surface area contributed by atoms with Crippen LogP contribution in [0.2, 0.25) is 0 Å². The van der Waals surface area contributed by atoms with E-state index in [-0.39, 0.29) is 0 Å². The summed E-state index contributed by atoms with van der Waals surface area (Å²) in [4.78, 5) is 0. The van der Waals surface area contributed by atoms with Crippen molar-refractivity contribution in [1.29, 1.82) is 0 Å². The number of hydrogen-bond donors (Lipinski definition) is 2. The first kappa shape index (κ1) is 10.2. The number of aromatic nitrogens is 4. The Balaban J connectivity index is 1.89. The summed E-state index contributed by atoms with van der Waals surface area (Å²) >= 11 is 0. The zero-order valence-corrected chi connectivity index (χ0v) is 9.59. The Morgan fingerprint density at radius 3 is 2.94 bits per heavy atom. The van der Waals surface area contributed by atoms with Gasteiger partial charge in [0.25, 0.3) is 0 Å². The van der Waals surface area contributed by atoms with E-state index in [9.17, 15) is 0 Å². The highest BCUT2D eigenvalue weighted by molar-refractivity contribution is 5.55. The van der Waals surface area contributed by atoms with Gasteiger partial charge < -0.3 is 10.6 Å². The van der Waals surface area contributed by atoms with E-state index in [1.165, 1.54) is 0 Å². The molecule has 0 bridgehead atoms. The van der Waals surface area contributed by atoms with Crippen molar-refractivity contribution in [3.63, 3.8) is 0 Å². The molecule has 0 aliphatic carbocycles. The highest BCUT2D eigenvalue weighted by Gasteiger charge is 2.16. The van der Waals surface area contributed by atoms with Crippen LogP contribution in [0.4, 0.5) is 5.69 Å². The van der Waals surface area contributed by atoms with Crippen LogP contribution in [-0.2, 0) is 0 Å². The van der Waals surface area contributed by atoms with Gasteiger partial charge in [0.05, 0.1) is 11.7 Å². The quantitative estimate of drug-likeness (QED) is 0.796. The van der Waals surface area contributed by atoms with Crippen molar-refractivity contribution < 1.29 is 0 Å². The van der Waals surface area contributed by atoms with Crippen molar-refractivity contribution in [2.45, 2.75) is 13.0 Å². The van der Waals surface area contributed by atoms with Crippen LogP contribution in [0.25, 0.3) is 5.69 Å². The second-order valence-corrected chi connectivity index (χ2v) is 4.26. The van der Waals surface area contributed by atoms with Gasteiger partial charge in [-0.2, -0.15) is 0 Å². The van der Waals surface area contributed by atoms with Gasteiger partial charge in [-0.3, -0.25) is 0 Å². The number of anilines is 1. The van der Waals surface area contributed by atoms with Crippen LogP contribution in [0, 0.1) is 6.92 Å². The molecule has 3 rings (SSSR count). The molecule has 0 amide bonds. The van der Waals surface area contributed by atoms with Gasteiger partial charge in [0.1, 0.15) is 6.33 Å². The van der Waals surface area contributed by atoms with Gasteiger partial charge in [0, 0.05) is 18.8 Å². The SMILES string of the molecule is Cc1ccc(NC2CNC2)cc1-n1cnnn1. The highest BCUT2D eigenvalue weighted by Crippen LogP contribution is 2.19. The number of benzene rings is 1. The molecule has 1 aromatic carbocycles. The number of rotatable bonds is 3. The predicted molar refractivity (Wildman–Crippen MR) is 64.2 cm³/mol. The third-order valence-corrected chi connectivity index (χ3v) is 2.96. The Hall–Kier alpha value is -1.95. The molecule has 0 unspecified atom stereocenters. The van der Waals surface area contributed by atoms with Crippen molar-refractivity contribution in [1.82, 2.24) is 25.5 Å². The van der Waals surface area contributed by atoms with Crippen molar-refractivity contribution in [3.05, 3.63) is 30.1 Å². The lowest BCUT2D eigenvalue weighted by atomic mass is 10.1. The molecule has 2 heterocycles. The molecular weight excluding hydrogens is 216 g/mol. The van der Waals surface area contributed by atoms with Gasteiger partial charge in [-0.15, -0.1) is 5.10 Å². The molecule has 2 aromatic rings. The fourth-order valence-corrected chi connectivity index (χ4v) is 1.84. The summed E-state index contributed by atoms with van der Waals surface area (Å²) in [7, 11) is 0.